The highest BCUT2D eigenvalue weighted by atomic mass is 32.1. The van der Waals surface area contributed by atoms with Crippen LogP contribution in [-0.2, 0) is 11.3 Å². The van der Waals surface area contributed by atoms with Gasteiger partial charge in [0.1, 0.15) is 16.5 Å². The van der Waals surface area contributed by atoms with Crippen molar-refractivity contribution in [2.45, 2.75) is 25.5 Å². The minimum atomic E-state index is -0.0544. The first-order valence-corrected chi connectivity index (χ1v) is 11.0. The third-order valence-electron chi connectivity index (χ3n) is 4.72. The average molecular weight is 415 g/mol. The molecule has 0 aliphatic carbocycles. The quantitative estimate of drug-likeness (QED) is 0.562. The zero-order valence-corrected chi connectivity index (χ0v) is 17.3. The monoisotopic (exact) mass is 414 g/mol. The Morgan fingerprint density at radius 3 is 2.93 bits per heavy atom. The molecule has 1 saturated heterocycles. The number of ether oxygens (including phenoxy) is 2. The van der Waals surface area contributed by atoms with Gasteiger partial charge in [-0.05, 0) is 36.4 Å². The van der Waals surface area contributed by atoms with Gasteiger partial charge in [-0.25, -0.2) is 4.98 Å². The number of carbonyl (C=O) groups excluding carboxylic acids is 1. The van der Waals surface area contributed by atoms with E-state index in [1.807, 2.05) is 46.0 Å². The van der Waals surface area contributed by atoms with Gasteiger partial charge in [0.15, 0.2) is 0 Å². The second kappa shape index (κ2) is 8.86. The molecule has 0 radical (unpaired) electrons. The number of thiazole rings is 1. The predicted octanol–water partition coefficient (Wildman–Crippen LogP) is 4.70. The maximum absolute atomic E-state index is 13.2. The lowest BCUT2D eigenvalue weighted by atomic mass is 10.2. The van der Waals surface area contributed by atoms with Crippen LogP contribution in [0.4, 0.5) is 0 Å². The van der Waals surface area contributed by atoms with Crippen molar-refractivity contribution in [3.05, 3.63) is 57.7 Å². The van der Waals surface area contributed by atoms with Crippen LogP contribution in [0.15, 0.2) is 47.2 Å². The van der Waals surface area contributed by atoms with Gasteiger partial charge in [0.25, 0.3) is 5.91 Å². The number of amides is 1. The molecule has 0 spiro atoms. The highest BCUT2D eigenvalue weighted by Crippen LogP contribution is 2.32. The fourth-order valence-corrected chi connectivity index (χ4v) is 4.87. The molecule has 5 nitrogen and oxygen atoms in total. The van der Waals surface area contributed by atoms with E-state index in [4.69, 9.17) is 9.47 Å². The molecular formula is C21H22N2O3S2. The summed E-state index contributed by atoms with van der Waals surface area (Å²) in [5.41, 5.74) is 1.37. The van der Waals surface area contributed by atoms with Gasteiger partial charge in [-0.1, -0.05) is 18.2 Å². The second-order valence-corrected chi connectivity index (χ2v) is 8.53. The van der Waals surface area contributed by atoms with Crippen molar-refractivity contribution in [2.75, 3.05) is 20.3 Å². The molecular weight excluding hydrogens is 392 g/mol. The first kappa shape index (κ1) is 19.1. The lowest BCUT2D eigenvalue weighted by Gasteiger charge is -2.24. The molecule has 1 fully saturated rings. The van der Waals surface area contributed by atoms with E-state index < -0.39 is 0 Å². The van der Waals surface area contributed by atoms with E-state index >= 15 is 0 Å². The molecule has 4 rings (SSSR count). The van der Waals surface area contributed by atoms with E-state index in [9.17, 15) is 4.79 Å². The maximum atomic E-state index is 13.2. The molecule has 3 aromatic rings. The summed E-state index contributed by atoms with van der Waals surface area (Å²) in [7, 11) is 1.64. The fraction of sp³-hybridized carbons (Fsp3) is 0.333. The number of hydrogen-bond acceptors (Lipinski definition) is 6. The van der Waals surface area contributed by atoms with E-state index in [2.05, 4.69) is 11.1 Å². The Bertz CT molecular complexity index is 917. The molecule has 146 valence electrons. The molecule has 1 unspecified atom stereocenters. The Kier molecular flexibility index (Phi) is 6.04. The number of hydrogen-bond donors (Lipinski definition) is 0. The lowest BCUT2D eigenvalue weighted by Crippen LogP contribution is -2.36. The average Bonchev–Trinajstić information content (AvgIpc) is 3.49. The molecule has 1 aliphatic rings. The summed E-state index contributed by atoms with van der Waals surface area (Å²) in [6.07, 6.45) is 2.16. The van der Waals surface area contributed by atoms with Crippen molar-refractivity contribution in [1.82, 2.24) is 9.88 Å². The van der Waals surface area contributed by atoms with Crippen molar-refractivity contribution in [2.24, 2.45) is 0 Å². The van der Waals surface area contributed by atoms with Crippen molar-refractivity contribution >= 4 is 28.6 Å². The van der Waals surface area contributed by atoms with Crippen LogP contribution in [0.2, 0.25) is 0 Å². The zero-order chi connectivity index (χ0) is 19.3. The topological polar surface area (TPSA) is 51.7 Å². The van der Waals surface area contributed by atoms with Crippen LogP contribution >= 0.6 is 22.7 Å². The molecule has 1 aromatic carbocycles. The lowest BCUT2D eigenvalue weighted by molar-refractivity contribution is 0.0506. The number of aromatic nitrogens is 1. The van der Waals surface area contributed by atoms with Crippen molar-refractivity contribution < 1.29 is 14.3 Å². The smallest absolute Gasteiger partial charge is 0.273 e. The van der Waals surface area contributed by atoms with Crippen molar-refractivity contribution in [3.8, 4) is 16.3 Å². The van der Waals surface area contributed by atoms with Gasteiger partial charge < -0.3 is 14.4 Å². The Morgan fingerprint density at radius 2 is 2.18 bits per heavy atom. The van der Waals surface area contributed by atoms with Crippen LogP contribution in [0.5, 0.6) is 5.75 Å². The van der Waals surface area contributed by atoms with E-state index in [1.54, 1.807) is 18.4 Å². The van der Waals surface area contributed by atoms with Crippen LogP contribution < -0.4 is 4.74 Å². The number of nitrogens with zero attached hydrogens (tertiary/aromatic N) is 2. The summed E-state index contributed by atoms with van der Waals surface area (Å²) in [4.78, 5) is 20.9. The molecule has 1 aliphatic heterocycles. The summed E-state index contributed by atoms with van der Waals surface area (Å²) >= 11 is 3.12. The number of carbonyl (C=O) groups is 1. The number of rotatable bonds is 7. The Balaban J connectivity index is 1.56. The third kappa shape index (κ3) is 4.27. The number of benzene rings is 1. The van der Waals surface area contributed by atoms with Crippen LogP contribution in [-0.4, -0.2) is 42.2 Å². The molecule has 7 heteroatoms. The van der Waals surface area contributed by atoms with Gasteiger partial charge in [0.05, 0.1) is 25.3 Å². The van der Waals surface area contributed by atoms with Gasteiger partial charge in [-0.3, -0.25) is 4.79 Å². The highest BCUT2D eigenvalue weighted by molar-refractivity contribution is 7.13. The minimum absolute atomic E-state index is 0.0544. The summed E-state index contributed by atoms with van der Waals surface area (Å²) in [6, 6.07) is 11.8. The molecule has 2 aromatic heterocycles. The summed E-state index contributed by atoms with van der Waals surface area (Å²) < 4.78 is 11.2. The van der Waals surface area contributed by atoms with Crippen LogP contribution in [0, 0.1) is 0 Å². The van der Waals surface area contributed by atoms with Gasteiger partial charge in [0.2, 0.25) is 0 Å². The second-order valence-electron chi connectivity index (χ2n) is 6.64. The number of thiophene rings is 1. The van der Waals surface area contributed by atoms with Crippen LogP contribution in [0.25, 0.3) is 10.6 Å². The Labute approximate surface area is 172 Å². The molecule has 1 atom stereocenters. The van der Waals surface area contributed by atoms with Crippen molar-refractivity contribution in [1.29, 1.82) is 0 Å². The van der Waals surface area contributed by atoms with Crippen LogP contribution in [0.3, 0.4) is 0 Å². The largest absolute Gasteiger partial charge is 0.496 e. The SMILES string of the molecule is COc1ccccc1-c1nc(C(=O)N(Cc2cccs2)CC2CCCO2)cs1. The molecule has 28 heavy (non-hydrogen) atoms. The Hall–Kier alpha value is -2.22. The first-order chi connectivity index (χ1) is 13.7. The Morgan fingerprint density at radius 1 is 1.29 bits per heavy atom. The maximum Gasteiger partial charge on any atom is 0.273 e. The number of methoxy groups -OCH3 is 1. The zero-order valence-electron chi connectivity index (χ0n) is 15.7. The molecule has 0 N–H and O–H groups in total. The first-order valence-electron chi connectivity index (χ1n) is 9.27. The normalized spacial score (nSPS) is 16.2. The summed E-state index contributed by atoms with van der Waals surface area (Å²) in [6.45, 7) is 1.95. The third-order valence-corrected chi connectivity index (χ3v) is 6.46. The van der Waals surface area contributed by atoms with E-state index in [0.29, 0.717) is 18.8 Å². The highest BCUT2D eigenvalue weighted by Gasteiger charge is 2.25. The van der Waals surface area contributed by atoms with E-state index in [1.165, 1.54) is 11.3 Å². The van der Waals surface area contributed by atoms with Gasteiger partial charge in [-0.2, -0.15) is 0 Å². The van der Waals surface area contributed by atoms with Gasteiger partial charge in [0, 0.05) is 23.4 Å². The predicted molar refractivity (Wildman–Crippen MR) is 112 cm³/mol. The fourth-order valence-electron chi connectivity index (χ4n) is 3.32. The van der Waals surface area contributed by atoms with Crippen molar-refractivity contribution in [3.63, 3.8) is 0 Å². The van der Waals surface area contributed by atoms with Gasteiger partial charge in [-0.15, -0.1) is 22.7 Å². The number of para-hydroxylation sites is 1. The minimum Gasteiger partial charge on any atom is -0.496 e. The van der Waals surface area contributed by atoms with E-state index in [-0.39, 0.29) is 12.0 Å². The van der Waals surface area contributed by atoms with Gasteiger partial charge >= 0.3 is 0 Å². The standard InChI is InChI=1S/C21H22N2O3S2/c1-25-19-9-3-2-8-17(19)20-22-18(14-28-20)21(24)23(12-15-6-4-10-26-15)13-16-7-5-11-27-16/h2-3,5,7-9,11,14-15H,4,6,10,12-13H2,1H3. The summed E-state index contributed by atoms with van der Waals surface area (Å²) in [5.74, 6) is 0.701. The molecule has 0 saturated carbocycles. The summed E-state index contributed by atoms with van der Waals surface area (Å²) in [5, 5.41) is 4.65. The molecule has 0 bridgehead atoms. The molecule has 1 amide bonds. The molecule has 3 heterocycles. The van der Waals surface area contributed by atoms with E-state index in [0.717, 1.165) is 40.6 Å². The van der Waals surface area contributed by atoms with Crippen LogP contribution in [0.1, 0.15) is 28.2 Å².